The van der Waals surface area contributed by atoms with Gasteiger partial charge in [0.15, 0.2) is 0 Å². The minimum absolute atomic E-state index is 0.285. The number of hydrogen-bond acceptors (Lipinski definition) is 2. The van der Waals surface area contributed by atoms with Gasteiger partial charge in [0.2, 0.25) is 0 Å². The Morgan fingerprint density at radius 2 is 1.82 bits per heavy atom. The molecule has 0 saturated carbocycles. The van der Waals surface area contributed by atoms with Gasteiger partial charge in [-0.3, -0.25) is 4.79 Å². The lowest BCUT2D eigenvalue weighted by atomic mass is 9.94. The second-order valence-corrected chi connectivity index (χ2v) is 3.59. The predicted octanol–water partition coefficient (Wildman–Crippen LogP) is 3.25. The molecule has 1 rings (SSSR count). The quantitative estimate of drug-likeness (QED) is 0.782. The van der Waals surface area contributed by atoms with Crippen molar-refractivity contribution in [1.82, 2.24) is 0 Å². The molecular formula is C11H10ClF3O2. The minimum atomic E-state index is -4.91. The summed E-state index contributed by atoms with van der Waals surface area (Å²) in [6, 6.07) is 6.62. The van der Waals surface area contributed by atoms with E-state index in [1.807, 2.05) is 0 Å². The maximum absolute atomic E-state index is 13.1. The van der Waals surface area contributed by atoms with E-state index in [4.69, 9.17) is 11.6 Å². The van der Waals surface area contributed by atoms with Crippen LogP contribution in [0.25, 0.3) is 0 Å². The van der Waals surface area contributed by atoms with E-state index in [-0.39, 0.29) is 12.2 Å². The Hall–Kier alpha value is -1.07. The van der Waals surface area contributed by atoms with Crippen LogP contribution in [0.5, 0.6) is 0 Å². The Bertz CT molecular complexity index is 391. The zero-order chi connectivity index (χ0) is 13.1. The first-order valence-electron chi connectivity index (χ1n) is 4.82. The second-order valence-electron chi connectivity index (χ2n) is 3.25. The Morgan fingerprint density at radius 1 is 1.29 bits per heavy atom. The summed E-state index contributed by atoms with van der Waals surface area (Å²) in [5.74, 6) is 0. The lowest BCUT2D eigenvalue weighted by Gasteiger charge is -2.32. The van der Waals surface area contributed by atoms with Crippen molar-refractivity contribution in [2.45, 2.75) is 18.7 Å². The largest absolute Gasteiger partial charge is 0.430 e. The molecule has 0 aliphatic heterocycles. The van der Waals surface area contributed by atoms with E-state index >= 15 is 0 Å². The molecule has 1 aromatic carbocycles. The van der Waals surface area contributed by atoms with E-state index in [0.717, 1.165) is 12.1 Å². The third-order valence-electron chi connectivity index (χ3n) is 2.22. The molecule has 6 heteroatoms. The predicted molar refractivity (Wildman–Crippen MR) is 56.7 cm³/mol. The standard InChI is InChI=1S/C11H10ClF3O2/c1-2-17-10(9(12)16,11(13,14)15)8-6-4-3-5-7-8/h3-7H,2H2,1H3/t10-/m1/s1. The molecule has 0 aliphatic rings. The van der Waals surface area contributed by atoms with E-state index in [0.29, 0.717) is 0 Å². The molecule has 0 amide bonds. The van der Waals surface area contributed by atoms with Gasteiger partial charge in [-0.05, 0) is 18.5 Å². The normalized spacial score (nSPS) is 15.4. The van der Waals surface area contributed by atoms with Gasteiger partial charge in [0.1, 0.15) is 0 Å². The number of alkyl halides is 3. The van der Waals surface area contributed by atoms with E-state index < -0.39 is 17.0 Å². The Kier molecular flexibility index (Phi) is 4.16. The van der Waals surface area contributed by atoms with E-state index in [1.54, 1.807) is 0 Å². The molecule has 0 fully saturated rings. The average Bonchev–Trinajstić information content (AvgIpc) is 2.24. The van der Waals surface area contributed by atoms with Crippen LogP contribution >= 0.6 is 11.6 Å². The first-order valence-corrected chi connectivity index (χ1v) is 5.20. The fourth-order valence-corrected chi connectivity index (χ4v) is 1.77. The van der Waals surface area contributed by atoms with Crippen molar-refractivity contribution in [3.05, 3.63) is 35.9 Å². The molecule has 1 aromatic rings. The molecule has 0 radical (unpaired) electrons. The first-order chi connectivity index (χ1) is 7.86. The van der Waals surface area contributed by atoms with Crippen LogP contribution in [-0.2, 0) is 15.1 Å². The lowest BCUT2D eigenvalue weighted by molar-refractivity contribution is -0.267. The fourth-order valence-electron chi connectivity index (χ4n) is 1.50. The first kappa shape index (κ1) is 14.0. The van der Waals surface area contributed by atoms with Crippen molar-refractivity contribution in [2.75, 3.05) is 6.61 Å². The number of rotatable bonds is 4. The highest BCUT2D eigenvalue weighted by Gasteiger charge is 2.62. The Labute approximate surface area is 101 Å². The van der Waals surface area contributed by atoms with Crippen molar-refractivity contribution in [3.8, 4) is 0 Å². The van der Waals surface area contributed by atoms with Crippen LogP contribution in [0, 0.1) is 0 Å². The van der Waals surface area contributed by atoms with E-state index in [1.165, 1.54) is 25.1 Å². The van der Waals surface area contributed by atoms with Crippen LogP contribution in [-0.4, -0.2) is 18.0 Å². The maximum Gasteiger partial charge on any atom is 0.430 e. The average molecular weight is 267 g/mol. The number of benzene rings is 1. The van der Waals surface area contributed by atoms with Gasteiger partial charge in [0.05, 0.1) is 0 Å². The summed E-state index contributed by atoms with van der Waals surface area (Å²) in [5, 5.41) is -1.60. The van der Waals surface area contributed by atoms with Crippen molar-refractivity contribution in [1.29, 1.82) is 0 Å². The van der Waals surface area contributed by atoms with Gasteiger partial charge in [-0.2, -0.15) is 13.2 Å². The highest BCUT2D eigenvalue weighted by molar-refractivity contribution is 6.65. The molecule has 94 valence electrons. The summed E-state index contributed by atoms with van der Waals surface area (Å²) < 4.78 is 43.8. The Balaban J connectivity index is 3.41. The lowest BCUT2D eigenvalue weighted by Crippen LogP contribution is -2.49. The molecule has 0 unspecified atom stereocenters. The van der Waals surface area contributed by atoms with Crippen LogP contribution in [0.1, 0.15) is 12.5 Å². The number of halogens is 4. The van der Waals surface area contributed by atoms with Crippen molar-refractivity contribution >= 4 is 16.8 Å². The molecule has 0 spiro atoms. The van der Waals surface area contributed by atoms with Crippen molar-refractivity contribution in [2.24, 2.45) is 0 Å². The number of carbonyl (C=O) groups excluding carboxylic acids is 1. The highest BCUT2D eigenvalue weighted by atomic mass is 35.5. The summed E-state index contributed by atoms with van der Waals surface area (Å²) in [6.07, 6.45) is -4.91. The molecule has 1 atom stereocenters. The molecule has 0 aromatic heterocycles. The third-order valence-corrected chi connectivity index (χ3v) is 2.48. The molecule has 17 heavy (non-hydrogen) atoms. The second kappa shape index (κ2) is 5.06. The van der Waals surface area contributed by atoms with Crippen molar-refractivity contribution < 1.29 is 22.7 Å². The third kappa shape index (κ3) is 2.45. The van der Waals surface area contributed by atoms with Gasteiger partial charge in [0, 0.05) is 12.2 Å². The van der Waals surface area contributed by atoms with Crippen LogP contribution < -0.4 is 0 Å². The number of ether oxygens (including phenoxy) is 1. The van der Waals surface area contributed by atoms with Gasteiger partial charge in [-0.1, -0.05) is 30.3 Å². The van der Waals surface area contributed by atoms with Crippen LogP contribution in [0.3, 0.4) is 0 Å². The van der Waals surface area contributed by atoms with Gasteiger partial charge >= 0.3 is 6.18 Å². The highest BCUT2D eigenvalue weighted by Crippen LogP contribution is 2.43. The monoisotopic (exact) mass is 266 g/mol. The maximum atomic E-state index is 13.1. The SMILES string of the molecule is CCO[C@@](C(=O)Cl)(c1ccccc1)C(F)(F)F. The summed E-state index contributed by atoms with van der Waals surface area (Å²) in [4.78, 5) is 11.2. The molecule has 2 nitrogen and oxygen atoms in total. The summed E-state index contributed by atoms with van der Waals surface area (Å²) in [5.41, 5.74) is -3.42. The molecule has 0 bridgehead atoms. The Morgan fingerprint density at radius 3 is 2.18 bits per heavy atom. The topological polar surface area (TPSA) is 26.3 Å². The fraction of sp³-hybridized carbons (Fsp3) is 0.364. The molecular weight excluding hydrogens is 257 g/mol. The van der Waals surface area contributed by atoms with Crippen LogP contribution in [0.4, 0.5) is 13.2 Å². The summed E-state index contributed by atoms with van der Waals surface area (Å²) >= 11 is 5.11. The van der Waals surface area contributed by atoms with Crippen molar-refractivity contribution in [3.63, 3.8) is 0 Å². The molecule has 0 N–H and O–H groups in total. The van der Waals surface area contributed by atoms with Crippen LogP contribution in [0.15, 0.2) is 30.3 Å². The van der Waals surface area contributed by atoms with Gasteiger partial charge < -0.3 is 4.74 Å². The van der Waals surface area contributed by atoms with E-state index in [2.05, 4.69) is 4.74 Å². The molecule has 0 saturated heterocycles. The molecule has 0 heterocycles. The summed E-state index contributed by atoms with van der Waals surface area (Å²) in [6.45, 7) is 1.08. The number of carbonyl (C=O) groups is 1. The zero-order valence-corrected chi connectivity index (χ0v) is 9.68. The minimum Gasteiger partial charge on any atom is -0.354 e. The van der Waals surface area contributed by atoms with Crippen LogP contribution in [0.2, 0.25) is 0 Å². The smallest absolute Gasteiger partial charge is 0.354 e. The zero-order valence-electron chi connectivity index (χ0n) is 8.92. The van der Waals surface area contributed by atoms with Gasteiger partial charge in [-0.25, -0.2) is 0 Å². The van der Waals surface area contributed by atoms with Gasteiger partial charge in [-0.15, -0.1) is 0 Å². The molecule has 0 aliphatic carbocycles. The van der Waals surface area contributed by atoms with E-state index in [9.17, 15) is 18.0 Å². The van der Waals surface area contributed by atoms with Gasteiger partial charge in [0.25, 0.3) is 10.8 Å². The number of hydrogen-bond donors (Lipinski definition) is 0. The summed E-state index contributed by atoms with van der Waals surface area (Å²) in [7, 11) is 0.